The molecule has 20 heavy (non-hydrogen) atoms. The van der Waals surface area contributed by atoms with Gasteiger partial charge >= 0.3 is 0 Å². The molecule has 0 aliphatic heterocycles. The second kappa shape index (κ2) is 8.14. The monoisotopic (exact) mass is 285 g/mol. The van der Waals surface area contributed by atoms with Crippen molar-refractivity contribution in [3.05, 3.63) is 42.0 Å². The van der Waals surface area contributed by atoms with E-state index < -0.39 is 0 Å². The molecule has 1 aliphatic rings. The molecule has 0 amide bonds. The van der Waals surface area contributed by atoms with Gasteiger partial charge in [0, 0.05) is 0 Å². The van der Waals surface area contributed by atoms with Gasteiger partial charge in [-0.15, -0.1) is 0 Å². The fraction of sp³-hybridized carbons (Fsp3) is 0.500. The Kier molecular flexibility index (Phi) is 6.17. The van der Waals surface area contributed by atoms with Crippen LogP contribution in [0.2, 0.25) is 0 Å². The number of aliphatic imine (C=N–C) groups is 1. The molecule has 1 aromatic carbocycles. The van der Waals surface area contributed by atoms with Gasteiger partial charge in [0.25, 0.3) is 0 Å². The molecule has 0 atom stereocenters. The van der Waals surface area contributed by atoms with E-state index in [1.54, 1.807) is 0 Å². The zero-order chi connectivity index (χ0) is 14.2. The first-order valence-electron chi connectivity index (χ1n) is 7.62. The summed E-state index contributed by atoms with van der Waals surface area (Å²) in [4.78, 5) is 4.01. The van der Waals surface area contributed by atoms with Crippen LogP contribution in [0, 0.1) is 5.92 Å². The Morgan fingerprint density at radius 2 is 1.90 bits per heavy atom. The third kappa shape index (κ3) is 4.40. The quantitative estimate of drug-likeness (QED) is 0.364. The van der Waals surface area contributed by atoms with Gasteiger partial charge in [-0.2, -0.15) is 4.99 Å². The Labute approximate surface area is 127 Å². The number of nitrogens with zero attached hydrogens (tertiary/aromatic N) is 1. The molecule has 0 aromatic heterocycles. The highest BCUT2D eigenvalue weighted by atomic mass is 32.1. The number of hydrogen-bond donors (Lipinski definition) is 0. The van der Waals surface area contributed by atoms with Crippen molar-refractivity contribution in [1.29, 1.82) is 0 Å². The second-order valence-corrected chi connectivity index (χ2v) is 5.84. The lowest BCUT2D eigenvalue weighted by Gasteiger charge is -2.28. The van der Waals surface area contributed by atoms with Crippen LogP contribution < -0.4 is 0 Å². The smallest absolute Gasteiger partial charge is 0.0739 e. The van der Waals surface area contributed by atoms with E-state index in [1.165, 1.54) is 44.1 Å². The summed E-state index contributed by atoms with van der Waals surface area (Å²) in [6, 6.07) is 8.51. The van der Waals surface area contributed by atoms with Crippen molar-refractivity contribution < 1.29 is 0 Å². The maximum absolute atomic E-state index is 4.63. The second-order valence-electron chi connectivity index (χ2n) is 5.66. The first-order valence-corrected chi connectivity index (χ1v) is 8.03. The number of isothiocyanates is 1. The summed E-state index contributed by atoms with van der Waals surface area (Å²) in [5.41, 5.74) is 2.36. The molecular formula is C18H23NS. The topological polar surface area (TPSA) is 12.4 Å². The number of hydrogen-bond acceptors (Lipinski definition) is 2. The van der Waals surface area contributed by atoms with Gasteiger partial charge < -0.3 is 0 Å². The van der Waals surface area contributed by atoms with E-state index in [1.807, 2.05) is 12.1 Å². The van der Waals surface area contributed by atoms with Crippen LogP contribution >= 0.6 is 12.2 Å². The van der Waals surface area contributed by atoms with Gasteiger partial charge in [0.2, 0.25) is 0 Å². The SMILES string of the molecule is C/C=C/CCC1CCC(c2ccc(N=C=S)cc2)CC1. The molecule has 1 saturated carbocycles. The normalized spacial score (nSPS) is 22.6. The Bertz CT molecular complexity index is 475. The van der Waals surface area contributed by atoms with E-state index in [9.17, 15) is 0 Å². The third-order valence-electron chi connectivity index (χ3n) is 4.36. The van der Waals surface area contributed by atoms with E-state index in [0.29, 0.717) is 0 Å². The lowest BCUT2D eigenvalue weighted by molar-refractivity contribution is 0.312. The van der Waals surface area contributed by atoms with Gasteiger partial charge in [0.1, 0.15) is 0 Å². The first kappa shape index (κ1) is 15.2. The van der Waals surface area contributed by atoms with Crippen LogP contribution in [0.5, 0.6) is 0 Å². The molecule has 0 unspecified atom stereocenters. The fourth-order valence-electron chi connectivity index (χ4n) is 3.16. The van der Waals surface area contributed by atoms with Crippen molar-refractivity contribution in [2.24, 2.45) is 10.9 Å². The first-order chi connectivity index (χ1) is 9.83. The van der Waals surface area contributed by atoms with Gasteiger partial charge in [-0.25, -0.2) is 0 Å². The molecule has 0 radical (unpaired) electrons. The molecule has 1 nitrogen and oxygen atoms in total. The van der Waals surface area contributed by atoms with Crippen LogP contribution in [0.4, 0.5) is 5.69 Å². The van der Waals surface area contributed by atoms with E-state index in [2.05, 4.69) is 53.6 Å². The van der Waals surface area contributed by atoms with Crippen LogP contribution in [-0.4, -0.2) is 5.16 Å². The largest absolute Gasteiger partial charge is 0.195 e. The molecule has 0 saturated heterocycles. The third-order valence-corrected chi connectivity index (χ3v) is 4.45. The molecule has 0 N–H and O–H groups in total. The van der Waals surface area contributed by atoms with Crippen LogP contribution in [-0.2, 0) is 0 Å². The summed E-state index contributed by atoms with van der Waals surface area (Å²) in [6.07, 6.45) is 12.5. The highest BCUT2D eigenvalue weighted by molar-refractivity contribution is 7.78. The Balaban J connectivity index is 1.85. The van der Waals surface area contributed by atoms with Gasteiger partial charge in [0.05, 0.1) is 10.8 Å². The zero-order valence-electron chi connectivity index (χ0n) is 12.2. The van der Waals surface area contributed by atoms with Gasteiger partial charge in [-0.1, -0.05) is 24.3 Å². The molecular weight excluding hydrogens is 262 g/mol. The minimum atomic E-state index is 0.735. The standard InChI is InChI=1S/C18H23NS/c1-2-3-4-5-15-6-8-16(9-7-15)17-10-12-18(13-11-17)19-14-20/h2-3,10-13,15-16H,4-9H2,1H3/b3-2+. The predicted octanol–water partition coefficient (Wildman–Crippen LogP) is 6.05. The van der Waals surface area contributed by atoms with Crippen molar-refractivity contribution in [2.75, 3.05) is 0 Å². The fourth-order valence-corrected chi connectivity index (χ4v) is 3.26. The summed E-state index contributed by atoms with van der Waals surface area (Å²) in [7, 11) is 0. The molecule has 106 valence electrons. The minimum absolute atomic E-state index is 0.735. The summed E-state index contributed by atoms with van der Waals surface area (Å²) in [5.74, 6) is 1.67. The number of benzene rings is 1. The summed E-state index contributed by atoms with van der Waals surface area (Å²) in [5, 5.41) is 2.42. The summed E-state index contributed by atoms with van der Waals surface area (Å²) >= 11 is 4.63. The molecule has 2 heteroatoms. The molecule has 0 bridgehead atoms. The van der Waals surface area contributed by atoms with E-state index >= 15 is 0 Å². The minimum Gasteiger partial charge on any atom is -0.195 e. The van der Waals surface area contributed by atoms with Gasteiger partial charge in [-0.3, -0.25) is 0 Å². The molecule has 1 aromatic rings. The average molecular weight is 285 g/mol. The molecule has 0 spiro atoms. The highest BCUT2D eigenvalue weighted by Gasteiger charge is 2.21. The van der Waals surface area contributed by atoms with Crippen molar-refractivity contribution in [3.8, 4) is 0 Å². The highest BCUT2D eigenvalue weighted by Crippen LogP contribution is 2.37. The van der Waals surface area contributed by atoms with Crippen LogP contribution in [0.15, 0.2) is 41.4 Å². The van der Waals surface area contributed by atoms with E-state index in [4.69, 9.17) is 0 Å². The Morgan fingerprint density at radius 1 is 1.20 bits per heavy atom. The van der Waals surface area contributed by atoms with Gasteiger partial charge in [0.15, 0.2) is 0 Å². The van der Waals surface area contributed by atoms with E-state index in [0.717, 1.165) is 17.5 Å². The van der Waals surface area contributed by atoms with Crippen molar-refractivity contribution in [1.82, 2.24) is 0 Å². The predicted molar refractivity (Wildman–Crippen MR) is 89.9 cm³/mol. The number of thiocarbonyl (C=S) groups is 1. The maximum atomic E-state index is 4.63. The molecule has 1 aliphatic carbocycles. The summed E-state index contributed by atoms with van der Waals surface area (Å²) in [6.45, 7) is 2.11. The number of rotatable bonds is 5. The van der Waals surface area contributed by atoms with E-state index in [-0.39, 0.29) is 0 Å². The number of allylic oxidation sites excluding steroid dienone is 2. The van der Waals surface area contributed by atoms with Crippen LogP contribution in [0.3, 0.4) is 0 Å². The average Bonchev–Trinajstić information content (AvgIpc) is 2.49. The van der Waals surface area contributed by atoms with Crippen molar-refractivity contribution in [3.63, 3.8) is 0 Å². The Hall–Kier alpha value is -1.24. The lowest BCUT2D eigenvalue weighted by Crippen LogP contribution is -2.13. The van der Waals surface area contributed by atoms with Crippen molar-refractivity contribution >= 4 is 23.1 Å². The van der Waals surface area contributed by atoms with Crippen LogP contribution in [0.25, 0.3) is 0 Å². The molecule has 0 heterocycles. The zero-order valence-corrected chi connectivity index (χ0v) is 13.0. The molecule has 1 fully saturated rings. The molecule has 2 rings (SSSR count). The maximum Gasteiger partial charge on any atom is 0.0739 e. The Morgan fingerprint density at radius 3 is 2.50 bits per heavy atom. The van der Waals surface area contributed by atoms with Crippen LogP contribution in [0.1, 0.15) is 56.9 Å². The van der Waals surface area contributed by atoms with Crippen molar-refractivity contribution in [2.45, 2.75) is 51.4 Å². The lowest BCUT2D eigenvalue weighted by atomic mass is 9.77. The summed E-state index contributed by atoms with van der Waals surface area (Å²) < 4.78 is 0. The van der Waals surface area contributed by atoms with Gasteiger partial charge in [-0.05, 0) is 87.2 Å².